The molecule has 4 nitrogen and oxygen atoms in total. The van der Waals surface area contributed by atoms with Crippen molar-refractivity contribution >= 4 is 6.03 Å². The highest BCUT2D eigenvalue weighted by molar-refractivity contribution is 5.74. The molecule has 16 heavy (non-hydrogen) atoms. The summed E-state index contributed by atoms with van der Waals surface area (Å²) in [6, 6.07) is 0.545. The van der Waals surface area contributed by atoms with Gasteiger partial charge in [0.2, 0.25) is 0 Å². The molecule has 1 saturated heterocycles. The van der Waals surface area contributed by atoms with Crippen molar-refractivity contribution in [2.45, 2.75) is 45.2 Å². The lowest BCUT2D eigenvalue weighted by Gasteiger charge is -2.29. The van der Waals surface area contributed by atoms with Crippen molar-refractivity contribution in [2.75, 3.05) is 27.2 Å². The van der Waals surface area contributed by atoms with Crippen molar-refractivity contribution in [3.63, 3.8) is 0 Å². The average molecular weight is 227 g/mol. The van der Waals surface area contributed by atoms with Gasteiger partial charge in [-0.2, -0.15) is 0 Å². The number of hydrogen-bond acceptors (Lipinski definition) is 2. The van der Waals surface area contributed by atoms with Gasteiger partial charge in [-0.25, -0.2) is 4.79 Å². The van der Waals surface area contributed by atoms with Gasteiger partial charge in [-0.1, -0.05) is 0 Å². The molecule has 1 atom stereocenters. The maximum Gasteiger partial charge on any atom is 0.317 e. The van der Waals surface area contributed by atoms with Crippen LogP contribution in [-0.4, -0.2) is 54.6 Å². The van der Waals surface area contributed by atoms with Crippen LogP contribution in [0.4, 0.5) is 4.79 Å². The largest absolute Gasteiger partial charge is 0.333 e. The number of likely N-dealkylation sites (tertiary alicyclic amines) is 1. The van der Waals surface area contributed by atoms with Crippen LogP contribution in [0.1, 0.15) is 33.6 Å². The summed E-state index contributed by atoms with van der Waals surface area (Å²) >= 11 is 0. The second-order valence-corrected chi connectivity index (χ2v) is 5.84. The lowest BCUT2D eigenvalue weighted by molar-refractivity contribution is 0.181. The first kappa shape index (κ1) is 13.3. The summed E-state index contributed by atoms with van der Waals surface area (Å²) in [6.07, 6.45) is 2.44. The molecule has 1 fully saturated rings. The molecule has 0 aliphatic carbocycles. The minimum absolute atomic E-state index is 0.0211. The summed E-state index contributed by atoms with van der Waals surface area (Å²) in [7, 11) is 4.00. The number of carbonyl (C=O) groups excluding carboxylic acids is 1. The molecule has 1 N–H and O–H groups in total. The number of hydrogen-bond donors (Lipinski definition) is 1. The van der Waals surface area contributed by atoms with Crippen molar-refractivity contribution in [3.05, 3.63) is 0 Å². The zero-order valence-corrected chi connectivity index (χ0v) is 11.2. The monoisotopic (exact) mass is 227 g/mol. The van der Waals surface area contributed by atoms with Crippen LogP contribution in [0.3, 0.4) is 0 Å². The van der Waals surface area contributed by atoms with Gasteiger partial charge >= 0.3 is 6.03 Å². The number of nitrogens with zero attached hydrogens (tertiary/aromatic N) is 2. The Kier molecular flexibility index (Phi) is 4.19. The lowest BCUT2D eigenvalue weighted by Crippen LogP contribution is -2.50. The fourth-order valence-electron chi connectivity index (χ4n) is 2.03. The van der Waals surface area contributed by atoms with Crippen LogP contribution in [0.5, 0.6) is 0 Å². The summed E-state index contributed by atoms with van der Waals surface area (Å²) in [5, 5.41) is 2.98. The molecular weight excluding hydrogens is 202 g/mol. The highest BCUT2D eigenvalue weighted by Crippen LogP contribution is 2.15. The Hall–Kier alpha value is -0.770. The quantitative estimate of drug-likeness (QED) is 0.776. The zero-order chi connectivity index (χ0) is 12.3. The van der Waals surface area contributed by atoms with Crippen molar-refractivity contribution in [2.24, 2.45) is 0 Å². The smallest absolute Gasteiger partial charge is 0.317 e. The van der Waals surface area contributed by atoms with Crippen LogP contribution < -0.4 is 5.32 Å². The molecule has 1 aliphatic heterocycles. The number of nitrogens with one attached hydrogen (secondary N) is 1. The van der Waals surface area contributed by atoms with Gasteiger partial charge in [0.25, 0.3) is 0 Å². The fourth-order valence-corrected chi connectivity index (χ4v) is 2.03. The van der Waals surface area contributed by atoms with Crippen molar-refractivity contribution in [3.8, 4) is 0 Å². The van der Waals surface area contributed by atoms with Gasteiger partial charge < -0.3 is 15.1 Å². The number of urea groups is 1. The molecule has 0 aromatic heterocycles. The Balaban J connectivity index is 2.39. The topological polar surface area (TPSA) is 35.6 Å². The molecule has 0 bridgehead atoms. The molecule has 0 saturated carbocycles. The molecule has 2 amide bonds. The number of amides is 2. The van der Waals surface area contributed by atoms with E-state index in [4.69, 9.17) is 0 Å². The standard InChI is InChI=1S/C12H25N3O/c1-12(2,3)13-11(16)15(5)9-10-7-6-8-14(10)4/h10H,6-9H2,1-5H3,(H,13,16). The predicted molar refractivity (Wildman–Crippen MR) is 66.6 cm³/mol. The first-order valence-corrected chi connectivity index (χ1v) is 6.03. The summed E-state index contributed by atoms with van der Waals surface area (Å²) in [5.41, 5.74) is -0.160. The zero-order valence-electron chi connectivity index (χ0n) is 11.2. The average Bonchev–Trinajstić information content (AvgIpc) is 2.49. The number of carbonyl (C=O) groups is 1. The summed E-state index contributed by atoms with van der Waals surface area (Å²) in [4.78, 5) is 16.0. The van der Waals surface area contributed by atoms with Gasteiger partial charge in [0.05, 0.1) is 0 Å². The third-order valence-electron chi connectivity index (χ3n) is 2.98. The van der Waals surface area contributed by atoms with Gasteiger partial charge in [-0.3, -0.25) is 0 Å². The highest BCUT2D eigenvalue weighted by Gasteiger charge is 2.25. The molecule has 1 rings (SSSR count). The lowest BCUT2D eigenvalue weighted by atomic mass is 10.1. The highest BCUT2D eigenvalue weighted by atomic mass is 16.2. The molecule has 4 heteroatoms. The van der Waals surface area contributed by atoms with Crippen molar-refractivity contribution in [1.29, 1.82) is 0 Å². The SMILES string of the molecule is CN(CC1CCCN1C)C(=O)NC(C)(C)C. The van der Waals surface area contributed by atoms with Crippen LogP contribution in [0.25, 0.3) is 0 Å². The molecule has 0 radical (unpaired) electrons. The minimum Gasteiger partial charge on any atom is -0.333 e. The van der Waals surface area contributed by atoms with Gasteiger partial charge in [-0.05, 0) is 47.2 Å². The van der Waals surface area contributed by atoms with Gasteiger partial charge in [0.1, 0.15) is 0 Å². The number of rotatable bonds is 2. The summed E-state index contributed by atoms with van der Waals surface area (Å²) in [5.74, 6) is 0. The van der Waals surface area contributed by atoms with Crippen LogP contribution in [0.15, 0.2) is 0 Å². The van der Waals surface area contributed by atoms with E-state index in [2.05, 4.69) is 17.3 Å². The Morgan fingerprint density at radius 1 is 1.50 bits per heavy atom. The van der Waals surface area contributed by atoms with Crippen LogP contribution in [0, 0.1) is 0 Å². The first-order chi connectivity index (χ1) is 7.29. The van der Waals surface area contributed by atoms with E-state index in [-0.39, 0.29) is 11.6 Å². The Labute approximate surface area is 99.0 Å². The molecule has 0 aromatic rings. The van der Waals surface area contributed by atoms with E-state index in [1.54, 1.807) is 4.90 Å². The van der Waals surface area contributed by atoms with E-state index < -0.39 is 0 Å². The fraction of sp³-hybridized carbons (Fsp3) is 0.917. The maximum absolute atomic E-state index is 11.8. The van der Waals surface area contributed by atoms with Gasteiger partial charge in [0, 0.05) is 25.2 Å². The van der Waals surface area contributed by atoms with Crippen LogP contribution in [-0.2, 0) is 0 Å². The van der Waals surface area contributed by atoms with E-state index in [0.717, 1.165) is 13.1 Å². The van der Waals surface area contributed by atoms with Crippen molar-refractivity contribution in [1.82, 2.24) is 15.1 Å². The molecule has 0 aromatic carbocycles. The van der Waals surface area contributed by atoms with Crippen molar-refractivity contribution < 1.29 is 4.79 Å². The molecular formula is C12H25N3O. The third-order valence-corrected chi connectivity index (χ3v) is 2.98. The van der Waals surface area contributed by atoms with Crippen LogP contribution >= 0.6 is 0 Å². The Morgan fingerprint density at radius 2 is 2.12 bits per heavy atom. The normalized spacial score (nSPS) is 22.2. The van der Waals surface area contributed by atoms with E-state index in [1.165, 1.54) is 12.8 Å². The minimum atomic E-state index is -0.160. The van der Waals surface area contributed by atoms with Gasteiger partial charge in [-0.15, -0.1) is 0 Å². The molecule has 1 aliphatic rings. The van der Waals surface area contributed by atoms with Gasteiger partial charge in [0.15, 0.2) is 0 Å². The number of likely N-dealkylation sites (N-methyl/N-ethyl adjacent to an activating group) is 2. The molecule has 94 valence electrons. The second-order valence-electron chi connectivity index (χ2n) is 5.84. The molecule has 1 unspecified atom stereocenters. The molecule has 0 spiro atoms. The predicted octanol–water partition coefficient (Wildman–Crippen LogP) is 1.52. The summed E-state index contributed by atoms with van der Waals surface area (Å²) < 4.78 is 0. The Bertz CT molecular complexity index is 247. The van der Waals surface area contributed by atoms with E-state index in [9.17, 15) is 4.79 Å². The van der Waals surface area contributed by atoms with E-state index in [0.29, 0.717) is 6.04 Å². The Morgan fingerprint density at radius 3 is 2.56 bits per heavy atom. The van der Waals surface area contributed by atoms with E-state index in [1.807, 2.05) is 27.8 Å². The summed E-state index contributed by atoms with van der Waals surface area (Å²) in [6.45, 7) is 7.97. The second kappa shape index (κ2) is 5.04. The van der Waals surface area contributed by atoms with E-state index >= 15 is 0 Å². The molecule has 1 heterocycles. The van der Waals surface area contributed by atoms with Crippen LogP contribution in [0.2, 0.25) is 0 Å². The third kappa shape index (κ3) is 4.00. The first-order valence-electron chi connectivity index (χ1n) is 6.03. The maximum atomic E-state index is 11.8.